The van der Waals surface area contributed by atoms with Crippen LogP contribution in [0.1, 0.15) is 30.9 Å². The largest absolute Gasteiger partial charge is 0.477 e. The number of likely N-dealkylation sites (N-methyl/N-ethyl adjacent to an activating group) is 1. The average Bonchev–Trinajstić information content (AvgIpc) is 2.68. The van der Waals surface area contributed by atoms with Crippen LogP contribution in [0.4, 0.5) is 11.4 Å². The number of hydrogen-bond donors (Lipinski definition) is 2. The fourth-order valence-electron chi connectivity index (χ4n) is 3.45. The second-order valence-corrected chi connectivity index (χ2v) is 7.31. The van der Waals surface area contributed by atoms with Gasteiger partial charge in [0.1, 0.15) is 5.75 Å². The van der Waals surface area contributed by atoms with Gasteiger partial charge in [-0.25, -0.2) is 0 Å². The van der Waals surface area contributed by atoms with E-state index in [0.29, 0.717) is 18.2 Å². The number of anilines is 2. The second kappa shape index (κ2) is 8.33. The summed E-state index contributed by atoms with van der Waals surface area (Å²) in [7, 11) is 1.58. The number of aryl methyl sites for hydroxylation is 1. The van der Waals surface area contributed by atoms with Crippen molar-refractivity contribution < 1.29 is 14.3 Å². The van der Waals surface area contributed by atoms with Crippen molar-refractivity contribution in [2.24, 2.45) is 0 Å². The van der Waals surface area contributed by atoms with Crippen LogP contribution in [-0.2, 0) is 9.59 Å². The number of para-hydroxylation sites is 3. The van der Waals surface area contributed by atoms with E-state index in [4.69, 9.17) is 4.74 Å². The third-order valence-electron chi connectivity index (χ3n) is 4.93. The zero-order valence-corrected chi connectivity index (χ0v) is 16.8. The van der Waals surface area contributed by atoms with Gasteiger partial charge < -0.3 is 20.3 Å². The molecule has 0 fully saturated rings. The predicted octanol–water partition coefficient (Wildman–Crippen LogP) is 3.07. The normalized spacial score (nSPS) is 15.6. The van der Waals surface area contributed by atoms with Crippen LogP contribution in [0.5, 0.6) is 5.75 Å². The van der Waals surface area contributed by atoms with E-state index in [9.17, 15) is 9.59 Å². The zero-order chi connectivity index (χ0) is 20.3. The number of nitrogens with one attached hydrogen (secondary N) is 2. The molecule has 148 valence electrons. The molecule has 1 heterocycles. The van der Waals surface area contributed by atoms with Crippen molar-refractivity contribution in [2.45, 2.75) is 32.8 Å². The lowest BCUT2D eigenvalue weighted by atomic mass is 9.98. The molecule has 0 aliphatic carbocycles. The molecule has 1 unspecified atom stereocenters. The van der Waals surface area contributed by atoms with Crippen LogP contribution in [-0.4, -0.2) is 38.1 Å². The van der Waals surface area contributed by atoms with Crippen molar-refractivity contribution in [2.75, 3.05) is 30.4 Å². The molecule has 1 atom stereocenters. The summed E-state index contributed by atoms with van der Waals surface area (Å²) < 4.78 is 5.80. The SMILES string of the molecule is CNC(=O)C1CN(CC(=O)Nc2c(C)cccc2C(C)C)c2ccccc2O1. The van der Waals surface area contributed by atoms with Gasteiger partial charge in [0.05, 0.1) is 18.8 Å². The first-order valence-corrected chi connectivity index (χ1v) is 9.52. The van der Waals surface area contributed by atoms with Crippen LogP contribution in [0, 0.1) is 6.92 Å². The Labute approximate surface area is 165 Å². The third kappa shape index (κ3) is 4.11. The average molecular weight is 381 g/mol. The first-order chi connectivity index (χ1) is 13.4. The number of carbonyl (C=O) groups excluding carboxylic acids is 2. The van der Waals surface area contributed by atoms with Gasteiger partial charge in [0.2, 0.25) is 5.91 Å². The minimum atomic E-state index is -0.655. The molecule has 3 rings (SSSR count). The molecule has 1 aliphatic heterocycles. The first kappa shape index (κ1) is 19.7. The molecular weight excluding hydrogens is 354 g/mol. The van der Waals surface area contributed by atoms with E-state index in [1.807, 2.05) is 54.3 Å². The van der Waals surface area contributed by atoms with E-state index in [1.165, 1.54) is 0 Å². The van der Waals surface area contributed by atoms with Crippen molar-refractivity contribution in [3.05, 3.63) is 53.6 Å². The number of carbonyl (C=O) groups is 2. The van der Waals surface area contributed by atoms with Gasteiger partial charge in [-0.15, -0.1) is 0 Å². The molecule has 2 amide bonds. The van der Waals surface area contributed by atoms with Gasteiger partial charge >= 0.3 is 0 Å². The summed E-state index contributed by atoms with van der Waals surface area (Å²) in [6, 6.07) is 13.5. The first-order valence-electron chi connectivity index (χ1n) is 9.52. The van der Waals surface area contributed by atoms with Crippen molar-refractivity contribution in [1.82, 2.24) is 5.32 Å². The standard InChI is InChI=1S/C22H27N3O3/c1-14(2)16-9-7-8-15(3)21(16)24-20(26)13-25-12-19(22(27)23-4)28-18-11-6-5-10-17(18)25/h5-11,14,19H,12-13H2,1-4H3,(H,23,27)(H,24,26). The Bertz CT molecular complexity index is 879. The molecule has 0 saturated heterocycles. The highest BCUT2D eigenvalue weighted by Crippen LogP contribution is 2.33. The maximum Gasteiger partial charge on any atom is 0.262 e. The summed E-state index contributed by atoms with van der Waals surface area (Å²) >= 11 is 0. The molecule has 6 heteroatoms. The number of nitrogens with zero attached hydrogens (tertiary/aromatic N) is 1. The minimum absolute atomic E-state index is 0.122. The van der Waals surface area contributed by atoms with E-state index >= 15 is 0 Å². The van der Waals surface area contributed by atoms with Gasteiger partial charge in [-0.1, -0.05) is 44.2 Å². The second-order valence-electron chi connectivity index (χ2n) is 7.31. The number of amides is 2. The van der Waals surface area contributed by atoms with E-state index in [0.717, 1.165) is 22.5 Å². The van der Waals surface area contributed by atoms with Gasteiger partial charge in [-0.05, 0) is 36.1 Å². The maximum atomic E-state index is 12.9. The van der Waals surface area contributed by atoms with Crippen LogP contribution in [0.3, 0.4) is 0 Å². The molecule has 0 radical (unpaired) electrons. The Hall–Kier alpha value is -3.02. The Balaban J connectivity index is 1.81. The number of hydrogen-bond acceptors (Lipinski definition) is 4. The van der Waals surface area contributed by atoms with Crippen LogP contribution >= 0.6 is 0 Å². The lowest BCUT2D eigenvalue weighted by Crippen LogP contribution is -2.50. The Kier molecular flexibility index (Phi) is 5.87. The van der Waals surface area contributed by atoms with Crippen molar-refractivity contribution in [3.8, 4) is 5.75 Å². The number of ether oxygens (including phenoxy) is 1. The molecule has 1 aliphatic rings. The fourth-order valence-corrected chi connectivity index (χ4v) is 3.45. The van der Waals surface area contributed by atoms with Gasteiger partial charge in [0.15, 0.2) is 6.10 Å². The highest BCUT2D eigenvalue weighted by atomic mass is 16.5. The molecular formula is C22H27N3O3. The lowest BCUT2D eigenvalue weighted by Gasteiger charge is -2.35. The highest BCUT2D eigenvalue weighted by molar-refractivity contribution is 5.96. The van der Waals surface area contributed by atoms with Gasteiger partial charge in [-0.2, -0.15) is 0 Å². The molecule has 0 saturated carbocycles. The summed E-state index contributed by atoms with van der Waals surface area (Å²) in [5.41, 5.74) is 3.82. The number of rotatable bonds is 5. The Morgan fingerprint density at radius 3 is 2.64 bits per heavy atom. The zero-order valence-electron chi connectivity index (χ0n) is 16.8. The quantitative estimate of drug-likeness (QED) is 0.835. The molecule has 6 nitrogen and oxygen atoms in total. The lowest BCUT2D eigenvalue weighted by molar-refractivity contribution is -0.127. The molecule has 2 N–H and O–H groups in total. The number of benzene rings is 2. The van der Waals surface area contributed by atoms with E-state index in [2.05, 4.69) is 24.5 Å². The summed E-state index contributed by atoms with van der Waals surface area (Å²) in [6.45, 7) is 6.66. The van der Waals surface area contributed by atoms with Crippen LogP contribution in [0.25, 0.3) is 0 Å². The maximum absolute atomic E-state index is 12.9. The minimum Gasteiger partial charge on any atom is -0.477 e. The summed E-state index contributed by atoms with van der Waals surface area (Å²) in [5, 5.41) is 5.69. The van der Waals surface area contributed by atoms with Crippen molar-refractivity contribution in [1.29, 1.82) is 0 Å². The monoisotopic (exact) mass is 381 g/mol. The van der Waals surface area contributed by atoms with Crippen molar-refractivity contribution >= 4 is 23.2 Å². The molecule has 0 bridgehead atoms. The molecule has 2 aromatic carbocycles. The van der Waals surface area contributed by atoms with E-state index in [-0.39, 0.29) is 18.4 Å². The van der Waals surface area contributed by atoms with Crippen LogP contribution < -0.4 is 20.3 Å². The predicted molar refractivity (Wildman–Crippen MR) is 111 cm³/mol. The summed E-state index contributed by atoms with van der Waals surface area (Å²) in [5.74, 6) is 0.579. The van der Waals surface area contributed by atoms with Gasteiger partial charge in [0.25, 0.3) is 5.91 Å². The molecule has 0 spiro atoms. The van der Waals surface area contributed by atoms with Crippen LogP contribution in [0.15, 0.2) is 42.5 Å². The molecule has 2 aromatic rings. The van der Waals surface area contributed by atoms with Crippen molar-refractivity contribution in [3.63, 3.8) is 0 Å². The highest BCUT2D eigenvalue weighted by Gasteiger charge is 2.31. The van der Waals surface area contributed by atoms with Gasteiger partial charge in [-0.3, -0.25) is 9.59 Å². The molecule has 28 heavy (non-hydrogen) atoms. The van der Waals surface area contributed by atoms with Gasteiger partial charge in [0, 0.05) is 12.7 Å². The molecule has 0 aromatic heterocycles. The van der Waals surface area contributed by atoms with Crippen LogP contribution in [0.2, 0.25) is 0 Å². The number of fused-ring (bicyclic) bond motifs is 1. The summed E-state index contributed by atoms with van der Waals surface area (Å²) in [4.78, 5) is 26.9. The fraction of sp³-hybridized carbons (Fsp3) is 0.364. The Morgan fingerprint density at radius 1 is 1.18 bits per heavy atom. The third-order valence-corrected chi connectivity index (χ3v) is 4.93. The Morgan fingerprint density at radius 2 is 1.93 bits per heavy atom. The van der Waals surface area contributed by atoms with E-state index in [1.54, 1.807) is 7.05 Å². The smallest absolute Gasteiger partial charge is 0.262 e. The summed E-state index contributed by atoms with van der Waals surface area (Å²) in [6.07, 6.45) is -0.655. The van der Waals surface area contributed by atoms with E-state index < -0.39 is 6.10 Å². The topological polar surface area (TPSA) is 70.7 Å².